The quantitative estimate of drug-likeness (QED) is 0.167. The van der Waals surface area contributed by atoms with Crippen molar-refractivity contribution in [1.82, 2.24) is 19.7 Å². The van der Waals surface area contributed by atoms with Crippen LogP contribution in [0, 0.1) is 23.3 Å². The summed E-state index contributed by atoms with van der Waals surface area (Å²) >= 11 is 0. The number of ether oxygens (including phenoxy) is 1. The Morgan fingerprint density at radius 1 is 1.02 bits per heavy atom. The largest absolute Gasteiger partial charge is 0.452 e. The highest BCUT2D eigenvalue weighted by Crippen LogP contribution is 2.25. The van der Waals surface area contributed by atoms with Crippen LogP contribution in [0.3, 0.4) is 0 Å². The van der Waals surface area contributed by atoms with Crippen LogP contribution in [0.15, 0.2) is 77.8 Å². The molecular weight excluding hydrogens is 544 g/mol. The number of pyridine rings is 1. The Morgan fingerprint density at radius 3 is 2.41 bits per heavy atom. The smallest absolute Gasteiger partial charge is 0.414 e. The number of aromatic nitrogens is 3. The number of hydrogen-bond donors (Lipinski definition) is 3. The molecule has 0 saturated heterocycles. The summed E-state index contributed by atoms with van der Waals surface area (Å²) in [5, 5.41) is 4.39. The van der Waals surface area contributed by atoms with Gasteiger partial charge in [0.05, 0.1) is 31.1 Å². The van der Waals surface area contributed by atoms with E-state index < -0.39 is 53.3 Å². The third kappa shape index (κ3) is 6.11. The first-order chi connectivity index (χ1) is 19.5. The lowest BCUT2D eigenvalue weighted by Gasteiger charge is -2.25. The van der Waals surface area contributed by atoms with Crippen molar-refractivity contribution in [2.75, 3.05) is 7.11 Å². The summed E-state index contributed by atoms with van der Waals surface area (Å²) in [7, 11) is 1.04. The molecule has 14 heteroatoms. The molecule has 10 nitrogen and oxygen atoms in total. The second-order valence-corrected chi connectivity index (χ2v) is 8.66. The molecule has 4 aromatic rings. The van der Waals surface area contributed by atoms with Crippen LogP contribution in [-0.2, 0) is 17.7 Å². The molecule has 0 unspecified atom stereocenters. The van der Waals surface area contributed by atoms with Crippen LogP contribution < -0.4 is 17.2 Å². The summed E-state index contributed by atoms with van der Waals surface area (Å²) < 4.78 is 62.6. The number of carbonyl (C=O) groups excluding carboxylic acids is 1. The normalized spacial score (nSPS) is 11.4. The molecule has 212 valence electrons. The Hall–Kier alpha value is -5.40. The molecule has 2 heterocycles. The van der Waals surface area contributed by atoms with Gasteiger partial charge in [-0.2, -0.15) is 5.10 Å². The van der Waals surface area contributed by atoms with Crippen LogP contribution in [0.25, 0.3) is 16.9 Å². The first-order valence-corrected chi connectivity index (χ1v) is 11.8. The number of hydrogen-bond acceptors (Lipinski definition) is 7. The minimum atomic E-state index is -1.07. The molecular formula is C27H24F4N8O2. The van der Waals surface area contributed by atoms with E-state index >= 15 is 0 Å². The summed E-state index contributed by atoms with van der Waals surface area (Å²) in [6.45, 7) is 3.23. The van der Waals surface area contributed by atoms with Crippen molar-refractivity contribution < 1.29 is 27.1 Å². The van der Waals surface area contributed by atoms with Crippen molar-refractivity contribution in [2.45, 2.75) is 13.0 Å². The van der Waals surface area contributed by atoms with Crippen LogP contribution in [0.2, 0.25) is 0 Å². The molecule has 2 aromatic carbocycles. The summed E-state index contributed by atoms with van der Waals surface area (Å²) in [6.07, 6.45) is -0.0730. The van der Waals surface area contributed by atoms with Gasteiger partial charge in [0.2, 0.25) is 0 Å². The molecule has 2 aromatic heterocycles. The lowest BCUT2D eigenvalue weighted by Crippen LogP contribution is -2.40. The number of halogens is 4. The number of nitrogens with zero attached hydrogens (tertiary/aromatic N) is 5. The van der Waals surface area contributed by atoms with Gasteiger partial charge in [-0.25, -0.2) is 37.0 Å². The molecule has 6 N–H and O–H groups in total. The van der Waals surface area contributed by atoms with Crippen LogP contribution in [-0.4, -0.2) is 38.7 Å². The SMILES string of the molecule is C=C(N=C(N)C(=C(N)N)N(Cc1cc(F)ccc1F)C(=O)OC)n1nc(Cc2ccccc2F)c2ncc(F)cc21. The zero-order chi connectivity index (χ0) is 29.8. The van der Waals surface area contributed by atoms with E-state index in [0.29, 0.717) is 5.56 Å². The molecule has 41 heavy (non-hydrogen) atoms. The predicted octanol–water partition coefficient (Wildman–Crippen LogP) is 3.72. The molecule has 0 aliphatic carbocycles. The summed E-state index contributed by atoms with van der Waals surface area (Å²) in [5.74, 6) is -3.94. The molecule has 0 aliphatic heterocycles. The van der Waals surface area contributed by atoms with Gasteiger partial charge in [-0.3, -0.25) is 4.90 Å². The van der Waals surface area contributed by atoms with Gasteiger partial charge in [-0.15, -0.1) is 0 Å². The Balaban J connectivity index is 1.75. The lowest BCUT2D eigenvalue weighted by atomic mass is 10.1. The molecule has 0 bridgehead atoms. The third-order valence-corrected chi connectivity index (χ3v) is 5.88. The van der Waals surface area contributed by atoms with E-state index in [-0.39, 0.29) is 34.5 Å². The highest BCUT2D eigenvalue weighted by atomic mass is 19.1. The average Bonchev–Trinajstić information content (AvgIpc) is 3.28. The Morgan fingerprint density at radius 2 is 1.73 bits per heavy atom. The van der Waals surface area contributed by atoms with Crippen molar-refractivity contribution in [3.63, 3.8) is 0 Å². The number of benzene rings is 2. The van der Waals surface area contributed by atoms with Crippen LogP contribution in [0.5, 0.6) is 0 Å². The van der Waals surface area contributed by atoms with E-state index in [1.807, 2.05) is 0 Å². The number of methoxy groups -OCH3 is 1. The summed E-state index contributed by atoms with van der Waals surface area (Å²) in [4.78, 5) is 21.6. The van der Waals surface area contributed by atoms with Crippen LogP contribution >= 0.6 is 0 Å². The zero-order valence-electron chi connectivity index (χ0n) is 21.6. The molecule has 0 spiro atoms. The van der Waals surface area contributed by atoms with Gasteiger partial charge in [0.25, 0.3) is 0 Å². The third-order valence-electron chi connectivity index (χ3n) is 5.88. The fourth-order valence-electron chi connectivity index (χ4n) is 4.03. The van der Waals surface area contributed by atoms with Gasteiger partial charge in [-0.05, 0) is 29.8 Å². The number of aliphatic imine (C=N–C) groups is 1. The maximum absolute atomic E-state index is 14.4. The Bertz CT molecular complexity index is 1710. The zero-order valence-corrected chi connectivity index (χ0v) is 21.6. The highest BCUT2D eigenvalue weighted by Gasteiger charge is 2.26. The summed E-state index contributed by atoms with van der Waals surface area (Å²) in [5.41, 5.74) is 18.1. The van der Waals surface area contributed by atoms with Gasteiger partial charge >= 0.3 is 6.09 Å². The molecule has 1 amide bonds. The fourth-order valence-corrected chi connectivity index (χ4v) is 4.03. The maximum Gasteiger partial charge on any atom is 0.414 e. The number of nitrogens with two attached hydrogens (primary N) is 3. The van der Waals surface area contributed by atoms with Crippen molar-refractivity contribution >= 4 is 28.8 Å². The standard InChI is InChI=1S/C27H24F4N8O2/c1-14(39-22-11-18(29)12-35-23(22)21(37-39)10-15-5-3-4-6-19(15)30)36-26(34)24(25(32)33)38(27(40)41-2)13-16-9-17(28)7-8-20(16)31/h3-9,11-12H,1,10,13,32-33H2,2H3,(H2,34,36). The van der Waals surface area contributed by atoms with E-state index in [0.717, 1.165) is 47.2 Å². The lowest BCUT2D eigenvalue weighted by molar-refractivity contribution is 0.135. The molecule has 0 fully saturated rings. The fraction of sp³-hybridized carbons (Fsp3) is 0.111. The number of fused-ring (bicyclic) bond motifs is 1. The van der Waals surface area contributed by atoms with Crippen molar-refractivity contribution in [3.8, 4) is 0 Å². The monoisotopic (exact) mass is 568 g/mol. The van der Waals surface area contributed by atoms with E-state index in [4.69, 9.17) is 21.9 Å². The molecule has 0 atom stereocenters. The minimum absolute atomic E-state index is 0.0114. The molecule has 4 rings (SSSR count). The second-order valence-electron chi connectivity index (χ2n) is 8.66. The first-order valence-electron chi connectivity index (χ1n) is 11.8. The van der Waals surface area contributed by atoms with Gasteiger partial charge in [0.15, 0.2) is 5.84 Å². The van der Waals surface area contributed by atoms with E-state index in [2.05, 4.69) is 21.7 Å². The maximum atomic E-state index is 14.4. The average molecular weight is 569 g/mol. The van der Waals surface area contributed by atoms with Gasteiger partial charge in [0, 0.05) is 18.1 Å². The highest BCUT2D eigenvalue weighted by molar-refractivity contribution is 6.01. The topological polar surface area (TPSA) is 151 Å². The number of rotatable bonds is 8. The predicted molar refractivity (Wildman–Crippen MR) is 143 cm³/mol. The Kier molecular flexibility index (Phi) is 8.21. The minimum Gasteiger partial charge on any atom is -0.452 e. The van der Waals surface area contributed by atoms with Crippen LogP contribution in [0.4, 0.5) is 22.4 Å². The number of amides is 1. The van der Waals surface area contributed by atoms with E-state index in [1.54, 1.807) is 12.1 Å². The molecule has 0 radical (unpaired) electrons. The Labute approximate surface area is 231 Å². The summed E-state index contributed by atoms with van der Waals surface area (Å²) in [6, 6.07) is 9.83. The van der Waals surface area contributed by atoms with Crippen molar-refractivity contribution in [2.24, 2.45) is 22.2 Å². The van der Waals surface area contributed by atoms with E-state index in [9.17, 15) is 22.4 Å². The van der Waals surface area contributed by atoms with Gasteiger partial charge < -0.3 is 21.9 Å². The number of carbonyl (C=O) groups is 1. The second kappa shape index (κ2) is 11.8. The van der Waals surface area contributed by atoms with Gasteiger partial charge in [0.1, 0.15) is 46.1 Å². The molecule has 0 saturated carbocycles. The van der Waals surface area contributed by atoms with Crippen molar-refractivity contribution in [1.29, 1.82) is 0 Å². The molecule has 0 aliphatic rings. The van der Waals surface area contributed by atoms with Gasteiger partial charge in [-0.1, -0.05) is 24.8 Å². The first kappa shape index (κ1) is 28.6. The number of amidine groups is 1. The van der Waals surface area contributed by atoms with Crippen molar-refractivity contribution in [3.05, 3.63) is 113 Å². The van der Waals surface area contributed by atoms with Crippen LogP contribution in [0.1, 0.15) is 16.8 Å². The van der Waals surface area contributed by atoms with E-state index in [1.165, 1.54) is 12.1 Å².